The number of hydrogen-bond donors (Lipinski definition) is 3. The molecule has 0 radical (unpaired) electrons. The van der Waals surface area contributed by atoms with Crippen LogP contribution in [0, 0.1) is 0 Å². The lowest BCUT2D eigenvalue weighted by Gasteiger charge is -2.29. The Morgan fingerprint density at radius 3 is 2.87 bits per heavy atom. The Balaban J connectivity index is 1.77. The first kappa shape index (κ1) is 17.4. The number of nitrogens with one attached hydrogen (secondary N) is 2. The molecular formula is C13H18N4O5S. The SMILES string of the molecule is CSc1ncc(C=O)c(NCCC2OCC(NC(=O)O)CO2)n1. The van der Waals surface area contributed by atoms with Crippen molar-refractivity contribution in [3.05, 3.63) is 11.8 Å². The smallest absolute Gasteiger partial charge is 0.405 e. The Labute approximate surface area is 137 Å². The van der Waals surface area contributed by atoms with E-state index in [1.165, 1.54) is 18.0 Å². The van der Waals surface area contributed by atoms with Gasteiger partial charge < -0.3 is 25.2 Å². The average molecular weight is 342 g/mol. The van der Waals surface area contributed by atoms with Gasteiger partial charge in [0.2, 0.25) is 0 Å². The predicted molar refractivity (Wildman–Crippen MR) is 82.9 cm³/mol. The normalized spacial score (nSPS) is 20.7. The van der Waals surface area contributed by atoms with Crippen molar-refractivity contribution < 1.29 is 24.2 Å². The predicted octanol–water partition coefficient (Wildman–Crippen LogP) is 0.822. The minimum atomic E-state index is -1.10. The van der Waals surface area contributed by atoms with Crippen LogP contribution in [-0.4, -0.2) is 65.8 Å². The van der Waals surface area contributed by atoms with Crippen LogP contribution in [0.1, 0.15) is 16.8 Å². The van der Waals surface area contributed by atoms with Crippen LogP contribution >= 0.6 is 11.8 Å². The van der Waals surface area contributed by atoms with Crippen LogP contribution in [0.3, 0.4) is 0 Å². The second-order valence-corrected chi connectivity index (χ2v) is 5.51. The van der Waals surface area contributed by atoms with Crippen molar-refractivity contribution in [3.8, 4) is 0 Å². The molecule has 1 aliphatic heterocycles. The lowest BCUT2D eigenvalue weighted by atomic mass is 10.3. The molecule has 0 atom stereocenters. The van der Waals surface area contributed by atoms with Gasteiger partial charge in [-0.1, -0.05) is 11.8 Å². The molecule has 0 saturated carbocycles. The van der Waals surface area contributed by atoms with Gasteiger partial charge in [-0.2, -0.15) is 0 Å². The molecule has 9 nitrogen and oxygen atoms in total. The molecule has 0 spiro atoms. The Morgan fingerprint density at radius 2 is 2.26 bits per heavy atom. The average Bonchev–Trinajstić information content (AvgIpc) is 2.56. The molecule has 23 heavy (non-hydrogen) atoms. The summed E-state index contributed by atoms with van der Waals surface area (Å²) in [5.41, 5.74) is 0.388. The van der Waals surface area contributed by atoms with E-state index >= 15 is 0 Å². The number of rotatable bonds is 7. The van der Waals surface area contributed by atoms with Gasteiger partial charge in [-0.05, 0) is 6.26 Å². The number of thioether (sulfide) groups is 1. The summed E-state index contributed by atoms with van der Waals surface area (Å²) >= 11 is 1.39. The molecule has 2 rings (SSSR count). The first-order valence-electron chi connectivity index (χ1n) is 6.95. The molecule has 2 heterocycles. The molecule has 0 bridgehead atoms. The highest BCUT2D eigenvalue weighted by molar-refractivity contribution is 7.98. The van der Waals surface area contributed by atoms with Crippen molar-refractivity contribution in [2.24, 2.45) is 0 Å². The number of hydrogen-bond acceptors (Lipinski definition) is 8. The van der Waals surface area contributed by atoms with Crippen LogP contribution in [0.2, 0.25) is 0 Å². The fourth-order valence-corrected chi connectivity index (χ4v) is 2.32. The van der Waals surface area contributed by atoms with E-state index in [0.717, 1.165) is 0 Å². The van der Waals surface area contributed by atoms with Gasteiger partial charge in [0, 0.05) is 19.2 Å². The molecule has 1 saturated heterocycles. The van der Waals surface area contributed by atoms with Crippen LogP contribution < -0.4 is 10.6 Å². The molecule has 1 amide bonds. The zero-order valence-corrected chi connectivity index (χ0v) is 13.3. The minimum Gasteiger partial charge on any atom is -0.465 e. The van der Waals surface area contributed by atoms with Gasteiger partial charge in [0.15, 0.2) is 17.7 Å². The van der Waals surface area contributed by atoms with Gasteiger partial charge in [0.05, 0.1) is 24.8 Å². The number of amides is 1. The van der Waals surface area contributed by atoms with Crippen LogP contribution in [0.4, 0.5) is 10.6 Å². The highest BCUT2D eigenvalue weighted by Crippen LogP contribution is 2.16. The third-order valence-corrected chi connectivity index (χ3v) is 3.63. The Bertz CT molecular complexity index is 551. The number of ether oxygens (including phenoxy) is 2. The van der Waals surface area contributed by atoms with Gasteiger partial charge in [-0.15, -0.1) is 0 Å². The van der Waals surface area contributed by atoms with E-state index in [1.54, 1.807) is 0 Å². The van der Waals surface area contributed by atoms with E-state index in [9.17, 15) is 9.59 Å². The van der Waals surface area contributed by atoms with E-state index in [4.69, 9.17) is 14.6 Å². The maximum Gasteiger partial charge on any atom is 0.405 e. The largest absolute Gasteiger partial charge is 0.465 e. The Kier molecular flexibility index (Phi) is 6.56. The number of carbonyl (C=O) groups is 2. The monoisotopic (exact) mass is 342 g/mol. The van der Waals surface area contributed by atoms with E-state index in [1.807, 2.05) is 6.26 Å². The second-order valence-electron chi connectivity index (χ2n) is 4.74. The number of aromatic nitrogens is 2. The van der Waals surface area contributed by atoms with Crippen molar-refractivity contribution in [2.75, 3.05) is 31.3 Å². The van der Waals surface area contributed by atoms with E-state index in [-0.39, 0.29) is 19.3 Å². The molecule has 1 fully saturated rings. The number of nitrogens with zero attached hydrogens (tertiary/aromatic N) is 2. The fraction of sp³-hybridized carbons (Fsp3) is 0.538. The van der Waals surface area contributed by atoms with E-state index in [0.29, 0.717) is 35.8 Å². The van der Waals surface area contributed by atoms with Crippen molar-refractivity contribution in [3.63, 3.8) is 0 Å². The Morgan fingerprint density at radius 1 is 1.52 bits per heavy atom. The zero-order valence-electron chi connectivity index (χ0n) is 12.5. The second kappa shape index (κ2) is 8.65. The molecule has 1 aromatic rings. The molecule has 0 aromatic carbocycles. The molecule has 3 N–H and O–H groups in total. The first-order valence-corrected chi connectivity index (χ1v) is 8.17. The van der Waals surface area contributed by atoms with Crippen LogP contribution in [0.15, 0.2) is 11.4 Å². The quantitative estimate of drug-likeness (QED) is 0.375. The lowest BCUT2D eigenvalue weighted by molar-refractivity contribution is -0.189. The van der Waals surface area contributed by atoms with Gasteiger partial charge in [0.1, 0.15) is 5.82 Å². The molecule has 1 aliphatic rings. The van der Waals surface area contributed by atoms with Crippen molar-refractivity contribution in [2.45, 2.75) is 23.9 Å². The molecule has 10 heteroatoms. The van der Waals surface area contributed by atoms with Crippen molar-refractivity contribution in [1.82, 2.24) is 15.3 Å². The summed E-state index contributed by atoms with van der Waals surface area (Å²) in [6.07, 6.45) is 3.04. The number of carboxylic acid groups (broad SMARTS) is 1. The van der Waals surface area contributed by atoms with Gasteiger partial charge >= 0.3 is 6.09 Å². The van der Waals surface area contributed by atoms with E-state index in [2.05, 4.69) is 20.6 Å². The summed E-state index contributed by atoms with van der Waals surface area (Å²) in [7, 11) is 0. The molecular weight excluding hydrogens is 324 g/mol. The van der Waals surface area contributed by atoms with Crippen LogP contribution in [0.25, 0.3) is 0 Å². The molecule has 0 aliphatic carbocycles. The molecule has 0 unspecified atom stereocenters. The van der Waals surface area contributed by atoms with Gasteiger partial charge in [-0.3, -0.25) is 4.79 Å². The molecule has 1 aromatic heterocycles. The summed E-state index contributed by atoms with van der Waals surface area (Å²) < 4.78 is 10.9. The highest BCUT2D eigenvalue weighted by atomic mass is 32.2. The summed E-state index contributed by atoms with van der Waals surface area (Å²) in [6.45, 7) is 1.02. The maximum absolute atomic E-state index is 11.0. The van der Waals surface area contributed by atoms with Gasteiger partial charge in [-0.25, -0.2) is 14.8 Å². The van der Waals surface area contributed by atoms with Crippen molar-refractivity contribution in [1.29, 1.82) is 0 Å². The van der Waals surface area contributed by atoms with Gasteiger partial charge in [0.25, 0.3) is 0 Å². The fourth-order valence-electron chi connectivity index (χ4n) is 1.98. The molecule has 126 valence electrons. The summed E-state index contributed by atoms with van der Waals surface area (Å²) in [5, 5.41) is 14.6. The summed E-state index contributed by atoms with van der Waals surface area (Å²) in [5.74, 6) is 0.473. The van der Waals surface area contributed by atoms with Crippen LogP contribution in [0.5, 0.6) is 0 Å². The van der Waals surface area contributed by atoms with Crippen molar-refractivity contribution >= 4 is 30.0 Å². The lowest BCUT2D eigenvalue weighted by Crippen LogP contribution is -2.46. The third-order valence-electron chi connectivity index (χ3n) is 3.07. The summed E-state index contributed by atoms with van der Waals surface area (Å²) in [6, 6.07) is -0.357. The number of anilines is 1. The van der Waals surface area contributed by atoms with E-state index < -0.39 is 12.4 Å². The topological polar surface area (TPSA) is 123 Å². The maximum atomic E-state index is 11.0. The standard InChI is InChI=1S/C13H18N4O5S/c1-23-12-15-4-8(5-18)11(17-12)14-3-2-10-21-6-9(7-22-10)16-13(19)20/h4-5,9-10,16H,2-3,6-7H2,1H3,(H,19,20)(H,14,15,17). The minimum absolute atomic E-state index is 0.265. The highest BCUT2D eigenvalue weighted by Gasteiger charge is 2.23. The summed E-state index contributed by atoms with van der Waals surface area (Å²) in [4.78, 5) is 29.8. The van der Waals surface area contributed by atoms with Crippen LogP contribution in [-0.2, 0) is 9.47 Å². The Hall–Kier alpha value is -1.91. The zero-order chi connectivity index (χ0) is 16.7. The third kappa shape index (κ3) is 5.34. The number of aldehydes is 1. The first-order chi connectivity index (χ1) is 11.1. The number of carbonyl (C=O) groups excluding carboxylic acids is 1.